The molecular weight excluding hydrogens is 302 g/mol. The third kappa shape index (κ3) is 2.48. The highest BCUT2D eigenvalue weighted by atomic mass is 79.9. The van der Waals surface area contributed by atoms with Crippen LogP contribution in [0.1, 0.15) is 21.5 Å². The van der Waals surface area contributed by atoms with E-state index in [1.165, 1.54) is 30.3 Å². The minimum Gasteiger partial charge on any atom is -0.289 e. The lowest BCUT2D eigenvalue weighted by Crippen LogP contribution is -2.04. The number of aryl methyl sites for hydroxylation is 1. The molecule has 0 aliphatic heterocycles. The van der Waals surface area contributed by atoms with E-state index in [0.717, 1.165) is 0 Å². The zero-order valence-corrected chi connectivity index (χ0v) is 11.1. The monoisotopic (exact) mass is 310 g/mol. The first-order valence-electron chi connectivity index (χ1n) is 5.25. The van der Waals surface area contributed by atoms with Crippen molar-refractivity contribution in [2.24, 2.45) is 0 Å². The van der Waals surface area contributed by atoms with Gasteiger partial charge in [0.1, 0.15) is 11.6 Å². The summed E-state index contributed by atoms with van der Waals surface area (Å²) in [6.07, 6.45) is 0. The number of ketones is 1. The molecule has 1 nitrogen and oxygen atoms in total. The molecular formula is C14H9BrF2O. The van der Waals surface area contributed by atoms with Crippen molar-refractivity contribution in [3.05, 3.63) is 69.2 Å². The number of rotatable bonds is 2. The van der Waals surface area contributed by atoms with Crippen molar-refractivity contribution in [1.82, 2.24) is 0 Å². The molecule has 0 amide bonds. The number of benzene rings is 2. The van der Waals surface area contributed by atoms with Crippen LogP contribution in [0.5, 0.6) is 0 Å². The van der Waals surface area contributed by atoms with E-state index >= 15 is 0 Å². The molecule has 0 bridgehead atoms. The highest BCUT2D eigenvalue weighted by Gasteiger charge is 2.15. The van der Waals surface area contributed by atoms with Gasteiger partial charge in [0.05, 0.1) is 0 Å². The molecule has 0 aliphatic carbocycles. The van der Waals surface area contributed by atoms with Crippen LogP contribution < -0.4 is 0 Å². The third-order valence-corrected chi connectivity index (χ3v) is 3.26. The van der Waals surface area contributed by atoms with Crippen molar-refractivity contribution < 1.29 is 13.6 Å². The van der Waals surface area contributed by atoms with Crippen LogP contribution in [0.25, 0.3) is 0 Å². The Balaban J connectivity index is 2.46. The van der Waals surface area contributed by atoms with Crippen molar-refractivity contribution in [1.29, 1.82) is 0 Å². The van der Waals surface area contributed by atoms with Gasteiger partial charge in [-0.25, -0.2) is 8.78 Å². The Morgan fingerprint density at radius 2 is 1.72 bits per heavy atom. The molecule has 0 saturated heterocycles. The maximum absolute atomic E-state index is 13.5. The van der Waals surface area contributed by atoms with Crippen LogP contribution in [-0.4, -0.2) is 5.78 Å². The van der Waals surface area contributed by atoms with Crippen LogP contribution in [0.15, 0.2) is 40.9 Å². The lowest BCUT2D eigenvalue weighted by Gasteiger charge is -2.06. The second-order valence-electron chi connectivity index (χ2n) is 3.92. The van der Waals surface area contributed by atoms with Crippen molar-refractivity contribution in [2.45, 2.75) is 6.92 Å². The molecule has 92 valence electrons. The zero-order valence-electron chi connectivity index (χ0n) is 9.51. The Hall–Kier alpha value is -1.55. The summed E-state index contributed by atoms with van der Waals surface area (Å²) in [5.74, 6) is -1.20. The van der Waals surface area contributed by atoms with E-state index in [4.69, 9.17) is 0 Å². The van der Waals surface area contributed by atoms with Crippen molar-refractivity contribution in [2.75, 3.05) is 0 Å². The van der Waals surface area contributed by atoms with Gasteiger partial charge in [-0.1, -0.05) is 15.9 Å². The summed E-state index contributed by atoms with van der Waals surface area (Å²) < 4.78 is 26.8. The predicted molar refractivity (Wildman–Crippen MR) is 68.7 cm³/mol. The molecule has 0 heterocycles. The first kappa shape index (κ1) is 12.9. The lowest BCUT2D eigenvalue weighted by molar-refractivity contribution is 0.103. The van der Waals surface area contributed by atoms with Gasteiger partial charge in [0.15, 0.2) is 5.78 Å². The maximum Gasteiger partial charge on any atom is 0.194 e. The second-order valence-corrected chi connectivity index (χ2v) is 4.77. The average Bonchev–Trinajstić information content (AvgIpc) is 2.34. The Bertz CT molecular complexity index is 606. The molecule has 4 heteroatoms. The Labute approximate surface area is 112 Å². The van der Waals surface area contributed by atoms with Gasteiger partial charge < -0.3 is 0 Å². The fourth-order valence-electron chi connectivity index (χ4n) is 1.58. The predicted octanol–water partition coefficient (Wildman–Crippen LogP) is 4.27. The summed E-state index contributed by atoms with van der Waals surface area (Å²) >= 11 is 3.23. The molecule has 18 heavy (non-hydrogen) atoms. The molecule has 0 fully saturated rings. The topological polar surface area (TPSA) is 17.1 Å². The van der Waals surface area contributed by atoms with Crippen molar-refractivity contribution in [3.8, 4) is 0 Å². The normalized spacial score (nSPS) is 10.4. The van der Waals surface area contributed by atoms with E-state index < -0.39 is 11.6 Å². The molecule has 0 atom stereocenters. The van der Waals surface area contributed by atoms with Crippen molar-refractivity contribution >= 4 is 21.7 Å². The van der Waals surface area contributed by atoms with E-state index in [2.05, 4.69) is 15.9 Å². The number of hydrogen-bond acceptors (Lipinski definition) is 1. The summed E-state index contributed by atoms with van der Waals surface area (Å²) in [6.45, 7) is 1.62. The van der Waals surface area contributed by atoms with E-state index in [1.807, 2.05) is 0 Å². The Kier molecular flexibility index (Phi) is 3.57. The maximum atomic E-state index is 13.5. The van der Waals surface area contributed by atoms with Gasteiger partial charge in [0, 0.05) is 15.6 Å². The summed E-state index contributed by atoms with van der Waals surface area (Å²) in [5.41, 5.74) is 1.00. The SMILES string of the molecule is Cc1cc(Br)c(C(=O)c2ccc(F)cc2)cc1F. The third-order valence-electron chi connectivity index (χ3n) is 2.60. The quantitative estimate of drug-likeness (QED) is 0.757. The van der Waals surface area contributed by atoms with Gasteiger partial charge in [-0.3, -0.25) is 4.79 Å². The number of carbonyl (C=O) groups excluding carboxylic acids is 1. The van der Waals surface area contributed by atoms with Crippen LogP contribution in [0.2, 0.25) is 0 Å². The minimum absolute atomic E-state index is 0.227. The summed E-state index contributed by atoms with van der Waals surface area (Å²) in [5, 5.41) is 0. The summed E-state index contributed by atoms with van der Waals surface area (Å²) in [7, 11) is 0. The average molecular weight is 311 g/mol. The molecule has 0 spiro atoms. The van der Waals surface area contributed by atoms with E-state index in [9.17, 15) is 13.6 Å². The molecule has 2 aromatic rings. The molecule has 0 N–H and O–H groups in total. The van der Waals surface area contributed by atoms with Gasteiger partial charge in [-0.2, -0.15) is 0 Å². The Morgan fingerprint density at radius 3 is 2.33 bits per heavy atom. The molecule has 2 rings (SSSR count). The summed E-state index contributed by atoms with van der Waals surface area (Å²) in [6, 6.07) is 7.89. The Morgan fingerprint density at radius 1 is 1.11 bits per heavy atom. The van der Waals surface area contributed by atoms with Crippen LogP contribution in [0, 0.1) is 18.6 Å². The van der Waals surface area contributed by atoms with Crippen LogP contribution in [-0.2, 0) is 0 Å². The number of hydrogen-bond donors (Lipinski definition) is 0. The minimum atomic E-state index is -0.441. The van der Waals surface area contributed by atoms with Crippen LogP contribution >= 0.6 is 15.9 Å². The molecule has 0 radical (unpaired) electrons. The largest absolute Gasteiger partial charge is 0.289 e. The van der Waals surface area contributed by atoms with Crippen LogP contribution in [0.4, 0.5) is 8.78 Å². The second kappa shape index (κ2) is 4.98. The van der Waals surface area contributed by atoms with E-state index in [1.54, 1.807) is 13.0 Å². The first-order valence-corrected chi connectivity index (χ1v) is 6.04. The number of carbonyl (C=O) groups is 1. The molecule has 2 aromatic carbocycles. The first-order chi connectivity index (χ1) is 8.49. The fourth-order valence-corrected chi connectivity index (χ4v) is 2.21. The number of halogens is 3. The smallest absolute Gasteiger partial charge is 0.194 e. The standard InChI is InChI=1S/C14H9BrF2O/c1-8-6-12(15)11(7-13(8)17)14(18)9-2-4-10(16)5-3-9/h2-7H,1H3. The highest BCUT2D eigenvalue weighted by molar-refractivity contribution is 9.10. The molecule has 0 aromatic heterocycles. The highest BCUT2D eigenvalue weighted by Crippen LogP contribution is 2.23. The summed E-state index contributed by atoms with van der Waals surface area (Å²) in [4.78, 5) is 12.1. The fraction of sp³-hybridized carbons (Fsp3) is 0.0714. The van der Waals surface area contributed by atoms with Gasteiger partial charge in [0.25, 0.3) is 0 Å². The van der Waals surface area contributed by atoms with Crippen molar-refractivity contribution in [3.63, 3.8) is 0 Å². The van der Waals surface area contributed by atoms with E-state index in [0.29, 0.717) is 15.6 Å². The zero-order chi connectivity index (χ0) is 13.3. The van der Waals surface area contributed by atoms with Gasteiger partial charge in [-0.05, 0) is 48.9 Å². The van der Waals surface area contributed by atoms with Gasteiger partial charge in [-0.15, -0.1) is 0 Å². The molecule has 0 saturated carbocycles. The van der Waals surface area contributed by atoms with E-state index in [-0.39, 0.29) is 11.3 Å². The molecule has 0 aliphatic rings. The van der Waals surface area contributed by atoms with Gasteiger partial charge in [0.2, 0.25) is 0 Å². The van der Waals surface area contributed by atoms with Gasteiger partial charge >= 0.3 is 0 Å². The lowest BCUT2D eigenvalue weighted by atomic mass is 10.0. The molecule has 0 unspecified atom stereocenters. The van der Waals surface area contributed by atoms with Crippen LogP contribution in [0.3, 0.4) is 0 Å².